The van der Waals surface area contributed by atoms with Crippen molar-refractivity contribution in [2.45, 2.75) is 220 Å². The Morgan fingerprint density at radius 2 is 0.625 bits per heavy atom. The lowest BCUT2D eigenvalue weighted by molar-refractivity contribution is 0.535. The van der Waals surface area contributed by atoms with Crippen molar-refractivity contribution >= 4 is 34.8 Å². The van der Waals surface area contributed by atoms with E-state index in [1.54, 1.807) is 20.9 Å². The van der Waals surface area contributed by atoms with E-state index >= 15 is 0 Å². The highest BCUT2D eigenvalue weighted by atomic mass is 32.1. The molecule has 0 saturated carbocycles. The van der Waals surface area contributed by atoms with E-state index in [9.17, 15) is 0 Å². The summed E-state index contributed by atoms with van der Waals surface area (Å²) in [5.41, 5.74) is 3.20. The maximum Gasteiger partial charge on any atom is 0.0483 e. The predicted octanol–water partition coefficient (Wildman–Crippen LogP) is 17.6. The second-order valence-corrected chi connectivity index (χ2v) is 16.9. The van der Waals surface area contributed by atoms with Crippen molar-refractivity contribution < 1.29 is 0 Å². The fourth-order valence-electron chi connectivity index (χ4n) is 7.17. The highest BCUT2D eigenvalue weighted by molar-refractivity contribution is 7.23. The third-order valence-electron chi connectivity index (χ3n) is 10.1. The second kappa shape index (κ2) is 30.7. The zero-order chi connectivity index (χ0) is 34.3. The van der Waals surface area contributed by atoms with E-state index < -0.39 is 0 Å². The molecule has 0 radical (unpaired) electrons. The standard InChI is InChI=1S/C46H78S2/c1-5-9-11-13-15-17-19-21-23-25-27-29-31-33-37-41-39-43(35-7-3)47-45(41)46-42(40-44(48-46)36-8-4)38-34-32-30-28-26-24-22-20-18-16-14-12-10-6-2/h7-8,35-36,39-40H,5-6,9-34,37-38H2,1-4H3/b35-7+,36-8+. The smallest absolute Gasteiger partial charge is 0.0483 e. The van der Waals surface area contributed by atoms with Crippen LogP contribution in [-0.2, 0) is 12.8 Å². The molecule has 0 unspecified atom stereocenters. The molecule has 2 aromatic rings. The third-order valence-corrected chi connectivity index (χ3v) is 12.6. The largest absolute Gasteiger partial charge is 0.135 e. The number of hydrogen-bond donors (Lipinski definition) is 0. The molecule has 0 bridgehead atoms. The number of hydrogen-bond acceptors (Lipinski definition) is 2. The molecule has 48 heavy (non-hydrogen) atoms. The Kier molecular flexibility index (Phi) is 27.5. The number of unbranched alkanes of at least 4 members (excludes halogenated alkanes) is 26. The quantitative estimate of drug-likeness (QED) is 0.0652. The number of rotatable bonds is 33. The Morgan fingerprint density at radius 1 is 0.375 bits per heavy atom. The molecule has 274 valence electrons. The first-order valence-corrected chi connectivity index (χ1v) is 22.9. The molecule has 0 saturated heterocycles. The van der Waals surface area contributed by atoms with Gasteiger partial charge in [-0.25, -0.2) is 0 Å². The molecule has 0 atom stereocenters. The fraction of sp³-hybridized carbons (Fsp3) is 0.739. The van der Waals surface area contributed by atoms with Gasteiger partial charge in [0.2, 0.25) is 0 Å². The Labute approximate surface area is 308 Å². The zero-order valence-corrected chi connectivity index (χ0v) is 34.1. The summed E-state index contributed by atoms with van der Waals surface area (Å²) < 4.78 is 0. The molecule has 0 fully saturated rings. The molecule has 0 aliphatic rings. The summed E-state index contributed by atoms with van der Waals surface area (Å²) in [7, 11) is 0. The summed E-state index contributed by atoms with van der Waals surface area (Å²) in [5.74, 6) is 0. The molecule has 0 spiro atoms. The van der Waals surface area contributed by atoms with Crippen molar-refractivity contribution in [1.82, 2.24) is 0 Å². The molecule has 2 rings (SSSR count). The van der Waals surface area contributed by atoms with Crippen molar-refractivity contribution in [2.24, 2.45) is 0 Å². The van der Waals surface area contributed by atoms with E-state index in [1.807, 2.05) is 22.7 Å². The number of thiophene rings is 2. The van der Waals surface area contributed by atoms with Gasteiger partial charge in [-0.1, -0.05) is 193 Å². The predicted molar refractivity (Wildman–Crippen MR) is 225 cm³/mol. The lowest BCUT2D eigenvalue weighted by Crippen LogP contribution is -1.90. The lowest BCUT2D eigenvalue weighted by Gasteiger charge is -2.07. The zero-order valence-electron chi connectivity index (χ0n) is 32.5. The van der Waals surface area contributed by atoms with Gasteiger partial charge in [-0.2, -0.15) is 0 Å². The van der Waals surface area contributed by atoms with Gasteiger partial charge in [0.1, 0.15) is 0 Å². The van der Waals surface area contributed by atoms with E-state index in [0.29, 0.717) is 0 Å². The monoisotopic (exact) mass is 695 g/mol. The molecule has 2 heterocycles. The first-order valence-electron chi connectivity index (χ1n) is 21.2. The van der Waals surface area contributed by atoms with Crippen LogP contribution in [0.25, 0.3) is 21.9 Å². The average molecular weight is 695 g/mol. The Balaban J connectivity index is 1.73. The summed E-state index contributed by atoms with van der Waals surface area (Å²) in [6, 6.07) is 5.01. The van der Waals surface area contributed by atoms with Gasteiger partial charge in [0.05, 0.1) is 0 Å². The highest BCUT2D eigenvalue weighted by Crippen LogP contribution is 2.42. The highest BCUT2D eigenvalue weighted by Gasteiger charge is 2.17. The minimum Gasteiger partial charge on any atom is -0.135 e. The van der Waals surface area contributed by atoms with E-state index in [-0.39, 0.29) is 0 Å². The van der Waals surface area contributed by atoms with Gasteiger partial charge in [-0.3, -0.25) is 0 Å². The first kappa shape index (κ1) is 43.0. The molecule has 2 heteroatoms. The van der Waals surface area contributed by atoms with E-state index in [1.165, 1.54) is 202 Å². The Bertz CT molecular complexity index is 966. The molecular formula is C46H78S2. The molecule has 2 aromatic heterocycles. The molecule has 0 aliphatic heterocycles. The van der Waals surface area contributed by atoms with E-state index in [2.05, 4.69) is 64.1 Å². The van der Waals surface area contributed by atoms with Gasteiger partial charge < -0.3 is 0 Å². The molecule has 0 nitrogen and oxygen atoms in total. The van der Waals surface area contributed by atoms with Gasteiger partial charge in [-0.05, 0) is 74.9 Å². The van der Waals surface area contributed by atoms with Gasteiger partial charge >= 0.3 is 0 Å². The van der Waals surface area contributed by atoms with Crippen molar-refractivity contribution in [3.63, 3.8) is 0 Å². The van der Waals surface area contributed by atoms with Crippen molar-refractivity contribution in [1.29, 1.82) is 0 Å². The summed E-state index contributed by atoms with van der Waals surface area (Å²) in [6.45, 7) is 8.93. The summed E-state index contributed by atoms with van der Waals surface area (Å²) in [6.07, 6.45) is 51.5. The van der Waals surface area contributed by atoms with E-state index in [4.69, 9.17) is 0 Å². The van der Waals surface area contributed by atoms with Gasteiger partial charge in [0.15, 0.2) is 0 Å². The molecule has 0 aromatic carbocycles. The second-order valence-electron chi connectivity index (χ2n) is 14.7. The minimum absolute atomic E-state index is 1.23. The van der Waals surface area contributed by atoms with Crippen molar-refractivity contribution in [2.75, 3.05) is 0 Å². The fourth-order valence-corrected chi connectivity index (χ4v) is 9.73. The first-order chi connectivity index (χ1) is 23.7. The SMILES string of the molecule is C/C=C/c1cc(CCCCCCCCCCCCCCCC)c(-c2sc(/C=C/C)cc2CCCCCCCCCCCCCCCC)s1. The van der Waals surface area contributed by atoms with Crippen LogP contribution in [0.4, 0.5) is 0 Å². The van der Waals surface area contributed by atoms with Crippen LogP contribution in [0.5, 0.6) is 0 Å². The topological polar surface area (TPSA) is 0 Å². The summed E-state index contributed by atoms with van der Waals surface area (Å²) >= 11 is 4.06. The molecule has 0 aliphatic carbocycles. The van der Waals surface area contributed by atoms with E-state index in [0.717, 1.165) is 0 Å². The van der Waals surface area contributed by atoms with Crippen LogP contribution in [0, 0.1) is 0 Å². The minimum atomic E-state index is 1.23. The maximum absolute atomic E-state index is 2.51. The van der Waals surface area contributed by atoms with Crippen LogP contribution in [0.2, 0.25) is 0 Å². The van der Waals surface area contributed by atoms with Crippen LogP contribution < -0.4 is 0 Å². The van der Waals surface area contributed by atoms with Crippen molar-refractivity contribution in [3.8, 4) is 9.75 Å². The maximum atomic E-state index is 2.51. The third kappa shape index (κ3) is 20.5. The average Bonchev–Trinajstić information content (AvgIpc) is 3.68. The molecular weight excluding hydrogens is 617 g/mol. The number of allylic oxidation sites excluding steroid dienone is 2. The Morgan fingerprint density at radius 3 is 0.875 bits per heavy atom. The summed E-state index contributed by atoms with van der Waals surface area (Å²) in [5, 5.41) is 0. The van der Waals surface area contributed by atoms with Gasteiger partial charge in [0.25, 0.3) is 0 Å². The Hall–Kier alpha value is -1.12. The van der Waals surface area contributed by atoms with Crippen LogP contribution in [0.15, 0.2) is 24.3 Å². The van der Waals surface area contributed by atoms with Crippen LogP contribution in [0.1, 0.15) is 228 Å². The van der Waals surface area contributed by atoms with Gasteiger partial charge in [0, 0.05) is 19.5 Å². The van der Waals surface area contributed by atoms with Gasteiger partial charge in [-0.15, -0.1) is 22.7 Å². The normalized spacial score (nSPS) is 12.0. The lowest BCUT2D eigenvalue weighted by atomic mass is 10.0. The van der Waals surface area contributed by atoms with Crippen LogP contribution in [0.3, 0.4) is 0 Å². The van der Waals surface area contributed by atoms with Crippen LogP contribution in [-0.4, -0.2) is 0 Å². The summed E-state index contributed by atoms with van der Waals surface area (Å²) in [4.78, 5) is 5.99. The molecule has 0 N–H and O–H groups in total. The molecule has 0 amide bonds. The number of aryl methyl sites for hydroxylation is 2. The van der Waals surface area contributed by atoms with Crippen LogP contribution >= 0.6 is 22.7 Å². The van der Waals surface area contributed by atoms with Crippen molar-refractivity contribution in [3.05, 3.63) is 45.2 Å².